The zero-order chi connectivity index (χ0) is 6.69. The highest BCUT2D eigenvalue weighted by Gasteiger charge is 2.08. The van der Waals surface area contributed by atoms with Crippen molar-refractivity contribution in [2.45, 2.75) is 25.7 Å². The number of rotatable bonds is 1. The van der Waals surface area contributed by atoms with E-state index in [1.807, 2.05) is 0 Å². The summed E-state index contributed by atoms with van der Waals surface area (Å²) in [5, 5.41) is 0. The number of carbonyl (C=O) groups is 1. The van der Waals surface area contributed by atoms with E-state index in [4.69, 9.17) is 0 Å². The molecule has 0 aliphatic heterocycles. The van der Waals surface area contributed by atoms with E-state index in [0.717, 1.165) is 29.2 Å². The van der Waals surface area contributed by atoms with Gasteiger partial charge in [-0.25, -0.2) is 0 Å². The van der Waals surface area contributed by atoms with Gasteiger partial charge >= 0.3 is 0 Å². The number of hydrogen-bond donors (Lipinski definition) is 0. The van der Waals surface area contributed by atoms with Crippen molar-refractivity contribution in [3.63, 3.8) is 0 Å². The molecule has 0 spiro atoms. The molecule has 0 heterocycles. The second-order valence-electron chi connectivity index (χ2n) is 2.26. The summed E-state index contributed by atoms with van der Waals surface area (Å²) < 4.78 is 1.11. The zero-order valence-electron chi connectivity index (χ0n) is 5.19. The summed E-state index contributed by atoms with van der Waals surface area (Å²) >= 11 is 3.36. The molecule has 2 heteroatoms. The predicted molar refractivity (Wildman–Crippen MR) is 40.5 cm³/mol. The monoisotopic (exact) mass is 188 g/mol. The van der Waals surface area contributed by atoms with Crippen molar-refractivity contribution in [3.8, 4) is 0 Å². The van der Waals surface area contributed by atoms with E-state index in [9.17, 15) is 4.79 Å². The lowest BCUT2D eigenvalue weighted by Gasteiger charge is -2.10. The first kappa shape index (κ1) is 7.00. The van der Waals surface area contributed by atoms with Gasteiger partial charge in [0.15, 0.2) is 0 Å². The third kappa shape index (κ3) is 1.65. The molecule has 0 aromatic heterocycles. The smallest absolute Gasteiger partial charge is 0.146 e. The van der Waals surface area contributed by atoms with Crippen LogP contribution in [-0.4, -0.2) is 6.29 Å². The quantitative estimate of drug-likeness (QED) is 0.579. The first-order chi connectivity index (χ1) is 4.34. The van der Waals surface area contributed by atoms with Crippen molar-refractivity contribution < 1.29 is 4.79 Å². The molecule has 1 aliphatic carbocycles. The maximum absolute atomic E-state index is 10.3. The molecule has 0 atom stereocenters. The molecular formula is C7H9BrO. The SMILES string of the molecule is O=CC1=C(Br)CCCC1. The van der Waals surface area contributed by atoms with Crippen molar-refractivity contribution in [2.75, 3.05) is 0 Å². The lowest BCUT2D eigenvalue weighted by molar-refractivity contribution is -0.105. The van der Waals surface area contributed by atoms with Gasteiger partial charge in [0.25, 0.3) is 0 Å². The molecule has 0 aromatic rings. The Bertz CT molecular complexity index is 149. The average molecular weight is 189 g/mol. The molecule has 0 saturated carbocycles. The molecule has 0 amide bonds. The van der Waals surface area contributed by atoms with Crippen LogP contribution in [0.5, 0.6) is 0 Å². The molecule has 0 saturated heterocycles. The van der Waals surface area contributed by atoms with Gasteiger partial charge in [-0.05, 0) is 25.7 Å². The highest BCUT2D eigenvalue weighted by Crippen LogP contribution is 2.27. The molecule has 0 radical (unpaired) electrons. The Labute approximate surface area is 63.3 Å². The minimum absolute atomic E-state index is 0.959. The van der Waals surface area contributed by atoms with Crippen LogP contribution in [0.1, 0.15) is 25.7 Å². The Kier molecular flexibility index (Phi) is 2.46. The molecule has 0 aromatic carbocycles. The van der Waals surface area contributed by atoms with Gasteiger partial charge in [-0.3, -0.25) is 4.79 Å². The third-order valence-corrected chi connectivity index (χ3v) is 2.49. The minimum Gasteiger partial charge on any atom is -0.298 e. The second kappa shape index (κ2) is 3.16. The topological polar surface area (TPSA) is 17.1 Å². The summed E-state index contributed by atoms with van der Waals surface area (Å²) in [6.07, 6.45) is 5.36. The number of allylic oxidation sites excluding steroid dienone is 2. The van der Waals surface area contributed by atoms with E-state index in [1.54, 1.807) is 0 Å². The average Bonchev–Trinajstić information content (AvgIpc) is 1.89. The van der Waals surface area contributed by atoms with Crippen molar-refractivity contribution in [1.29, 1.82) is 0 Å². The van der Waals surface area contributed by atoms with Crippen molar-refractivity contribution in [3.05, 3.63) is 10.1 Å². The van der Waals surface area contributed by atoms with Crippen LogP contribution in [0.3, 0.4) is 0 Å². The molecule has 0 N–H and O–H groups in total. The highest BCUT2D eigenvalue weighted by atomic mass is 79.9. The Balaban J connectivity index is 2.70. The molecule has 50 valence electrons. The molecular weight excluding hydrogens is 180 g/mol. The molecule has 9 heavy (non-hydrogen) atoms. The van der Waals surface area contributed by atoms with Crippen molar-refractivity contribution in [1.82, 2.24) is 0 Å². The molecule has 1 rings (SSSR count). The summed E-state index contributed by atoms with van der Waals surface area (Å²) in [5.41, 5.74) is 0.959. The first-order valence-electron chi connectivity index (χ1n) is 3.17. The summed E-state index contributed by atoms with van der Waals surface area (Å²) in [6.45, 7) is 0. The predicted octanol–water partition coefficient (Wildman–Crippen LogP) is 2.41. The van der Waals surface area contributed by atoms with E-state index in [2.05, 4.69) is 15.9 Å². The van der Waals surface area contributed by atoms with Crippen LogP contribution in [0.15, 0.2) is 10.1 Å². The number of aldehydes is 1. The van der Waals surface area contributed by atoms with E-state index < -0.39 is 0 Å². The number of carbonyl (C=O) groups excluding carboxylic acids is 1. The van der Waals surface area contributed by atoms with Crippen molar-refractivity contribution in [2.24, 2.45) is 0 Å². The Morgan fingerprint density at radius 1 is 1.33 bits per heavy atom. The van der Waals surface area contributed by atoms with Crippen LogP contribution in [0, 0.1) is 0 Å². The van der Waals surface area contributed by atoms with Crippen LogP contribution in [0.4, 0.5) is 0 Å². The molecule has 1 nitrogen and oxygen atoms in total. The fourth-order valence-electron chi connectivity index (χ4n) is 1.01. The maximum Gasteiger partial charge on any atom is 0.146 e. The summed E-state index contributed by atoms with van der Waals surface area (Å²) in [7, 11) is 0. The van der Waals surface area contributed by atoms with E-state index in [-0.39, 0.29) is 0 Å². The number of halogens is 1. The third-order valence-electron chi connectivity index (χ3n) is 1.58. The van der Waals surface area contributed by atoms with Crippen LogP contribution in [0.2, 0.25) is 0 Å². The minimum atomic E-state index is 0.959. The summed E-state index contributed by atoms with van der Waals surface area (Å²) in [6, 6.07) is 0. The van der Waals surface area contributed by atoms with E-state index >= 15 is 0 Å². The van der Waals surface area contributed by atoms with Crippen LogP contribution in [0.25, 0.3) is 0 Å². The Morgan fingerprint density at radius 2 is 2.00 bits per heavy atom. The van der Waals surface area contributed by atoms with Gasteiger partial charge in [-0.2, -0.15) is 0 Å². The van der Waals surface area contributed by atoms with Crippen LogP contribution >= 0.6 is 15.9 Å². The molecule has 1 aliphatic rings. The number of hydrogen-bond acceptors (Lipinski definition) is 1. The lowest BCUT2D eigenvalue weighted by atomic mass is 10.0. The van der Waals surface area contributed by atoms with Gasteiger partial charge in [-0.15, -0.1) is 0 Å². The Morgan fingerprint density at radius 3 is 2.44 bits per heavy atom. The summed E-state index contributed by atoms with van der Waals surface area (Å²) in [5.74, 6) is 0. The normalized spacial score (nSPS) is 20.1. The fraction of sp³-hybridized carbons (Fsp3) is 0.571. The molecule has 0 bridgehead atoms. The van der Waals surface area contributed by atoms with Gasteiger partial charge in [0.2, 0.25) is 0 Å². The summed E-state index contributed by atoms with van der Waals surface area (Å²) in [4.78, 5) is 10.3. The standard InChI is InChI=1S/C7H9BrO/c8-7-4-2-1-3-6(7)5-9/h5H,1-4H2. The second-order valence-corrected chi connectivity index (χ2v) is 3.21. The van der Waals surface area contributed by atoms with Gasteiger partial charge < -0.3 is 0 Å². The molecule has 0 unspecified atom stereocenters. The zero-order valence-corrected chi connectivity index (χ0v) is 6.78. The highest BCUT2D eigenvalue weighted by molar-refractivity contribution is 9.11. The van der Waals surface area contributed by atoms with Crippen LogP contribution < -0.4 is 0 Å². The maximum atomic E-state index is 10.3. The lowest BCUT2D eigenvalue weighted by Crippen LogP contribution is -1.95. The Hall–Kier alpha value is -0.110. The fourth-order valence-corrected chi connectivity index (χ4v) is 1.59. The van der Waals surface area contributed by atoms with Gasteiger partial charge in [-0.1, -0.05) is 15.9 Å². The largest absolute Gasteiger partial charge is 0.298 e. The van der Waals surface area contributed by atoms with Gasteiger partial charge in [0.05, 0.1) is 0 Å². The van der Waals surface area contributed by atoms with Gasteiger partial charge in [0, 0.05) is 10.1 Å². The van der Waals surface area contributed by atoms with Gasteiger partial charge in [0.1, 0.15) is 6.29 Å². The molecule has 0 fully saturated rings. The van der Waals surface area contributed by atoms with Crippen LogP contribution in [-0.2, 0) is 4.79 Å². The van der Waals surface area contributed by atoms with Crippen molar-refractivity contribution >= 4 is 22.2 Å². The first-order valence-corrected chi connectivity index (χ1v) is 3.96. The van der Waals surface area contributed by atoms with E-state index in [1.165, 1.54) is 12.8 Å². The van der Waals surface area contributed by atoms with E-state index in [0.29, 0.717) is 0 Å².